The molecule has 1 aromatic rings. The summed E-state index contributed by atoms with van der Waals surface area (Å²) in [7, 11) is 0. The Balaban J connectivity index is 1.92. The van der Waals surface area contributed by atoms with E-state index in [1.54, 1.807) is 11.0 Å². The molecule has 22 heavy (non-hydrogen) atoms. The number of benzene rings is 1. The zero-order valence-corrected chi connectivity index (χ0v) is 12.6. The summed E-state index contributed by atoms with van der Waals surface area (Å²) in [5.41, 5.74) is 1.97. The van der Waals surface area contributed by atoms with Crippen LogP contribution in [0.4, 0.5) is 5.69 Å². The maximum Gasteiger partial charge on any atom is 0.227 e. The van der Waals surface area contributed by atoms with Crippen LogP contribution in [0.1, 0.15) is 18.4 Å². The van der Waals surface area contributed by atoms with Crippen LogP contribution in [0.15, 0.2) is 36.9 Å². The Morgan fingerprint density at radius 2 is 2.23 bits per heavy atom. The van der Waals surface area contributed by atoms with E-state index in [1.165, 1.54) is 0 Å². The van der Waals surface area contributed by atoms with Crippen molar-refractivity contribution in [2.45, 2.75) is 19.3 Å². The van der Waals surface area contributed by atoms with Gasteiger partial charge in [-0.05, 0) is 24.5 Å². The van der Waals surface area contributed by atoms with E-state index in [-0.39, 0.29) is 24.3 Å². The number of aliphatic hydroxyl groups excluding tert-OH is 1. The quantitative estimate of drug-likeness (QED) is 0.751. The van der Waals surface area contributed by atoms with Gasteiger partial charge in [0, 0.05) is 31.1 Å². The van der Waals surface area contributed by atoms with Gasteiger partial charge >= 0.3 is 0 Å². The van der Waals surface area contributed by atoms with E-state index >= 15 is 0 Å². The lowest BCUT2D eigenvalue weighted by atomic mass is 9.89. The van der Waals surface area contributed by atoms with Gasteiger partial charge in [-0.15, -0.1) is 6.58 Å². The summed E-state index contributed by atoms with van der Waals surface area (Å²) in [6, 6.07) is 7.73. The average molecular weight is 302 g/mol. The van der Waals surface area contributed by atoms with Crippen molar-refractivity contribution in [2.24, 2.45) is 5.92 Å². The number of aliphatic hydroxyl groups is 1. The van der Waals surface area contributed by atoms with Gasteiger partial charge in [-0.3, -0.25) is 9.59 Å². The smallest absolute Gasteiger partial charge is 0.227 e. The minimum absolute atomic E-state index is 0.0241. The van der Waals surface area contributed by atoms with Crippen molar-refractivity contribution in [3.8, 4) is 0 Å². The highest BCUT2D eigenvalue weighted by atomic mass is 16.3. The first-order chi connectivity index (χ1) is 10.7. The van der Waals surface area contributed by atoms with E-state index in [2.05, 4.69) is 11.9 Å². The minimum Gasteiger partial charge on any atom is -0.395 e. The molecule has 2 amide bonds. The molecule has 1 unspecified atom stereocenters. The van der Waals surface area contributed by atoms with E-state index < -0.39 is 0 Å². The van der Waals surface area contributed by atoms with Gasteiger partial charge in [0.25, 0.3) is 0 Å². The summed E-state index contributed by atoms with van der Waals surface area (Å²) < 4.78 is 0. The average Bonchev–Trinajstić information content (AvgIpc) is 2.52. The number of rotatable bonds is 7. The highest BCUT2D eigenvalue weighted by Gasteiger charge is 2.26. The lowest BCUT2D eigenvalue weighted by Gasteiger charge is -2.25. The summed E-state index contributed by atoms with van der Waals surface area (Å²) in [6.07, 6.45) is 3.11. The molecule has 2 rings (SSSR count). The first kappa shape index (κ1) is 16.2. The van der Waals surface area contributed by atoms with Crippen molar-refractivity contribution < 1.29 is 14.7 Å². The van der Waals surface area contributed by atoms with E-state index in [4.69, 9.17) is 5.11 Å². The molecule has 0 aromatic heterocycles. The van der Waals surface area contributed by atoms with Crippen LogP contribution >= 0.6 is 0 Å². The lowest BCUT2D eigenvalue weighted by molar-refractivity contribution is -0.131. The second-order valence-corrected chi connectivity index (χ2v) is 5.44. The number of amides is 2. The molecule has 0 fully saturated rings. The monoisotopic (exact) mass is 302 g/mol. The van der Waals surface area contributed by atoms with Gasteiger partial charge in [-0.2, -0.15) is 0 Å². The van der Waals surface area contributed by atoms with Crippen LogP contribution in [0.2, 0.25) is 0 Å². The van der Waals surface area contributed by atoms with Gasteiger partial charge < -0.3 is 15.3 Å². The van der Waals surface area contributed by atoms with Crippen LogP contribution in [0.5, 0.6) is 0 Å². The Morgan fingerprint density at radius 1 is 1.45 bits per heavy atom. The van der Waals surface area contributed by atoms with E-state index in [1.807, 2.05) is 24.3 Å². The highest BCUT2D eigenvalue weighted by Crippen LogP contribution is 2.27. The first-order valence-corrected chi connectivity index (χ1v) is 7.54. The van der Waals surface area contributed by atoms with Crippen molar-refractivity contribution >= 4 is 17.5 Å². The van der Waals surface area contributed by atoms with Gasteiger partial charge in [0.05, 0.1) is 6.61 Å². The Hall–Kier alpha value is -2.14. The molecule has 1 aliphatic rings. The summed E-state index contributed by atoms with van der Waals surface area (Å²) in [6.45, 7) is 4.25. The second-order valence-electron chi connectivity index (χ2n) is 5.44. The molecular formula is C17H22N2O3. The molecule has 1 aliphatic heterocycles. The fourth-order valence-corrected chi connectivity index (χ4v) is 2.70. The maximum atomic E-state index is 12.2. The summed E-state index contributed by atoms with van der Waals surface area (Å²) >= 11 is 0. The SMILES string of the molecule is C=CCN(CCO)C(=O)CCC1Cc2ccccc2NC1=O. The molecule has 118 valence electrons. The van der Waals surface area contributed by atoms with Crippen LogP contribution in [0.25, 0.3) is 0 Å². The van der Waals surface area contributed by atoms with E-state index in [0.717, 1.165) is 11.3 Å². The van der Waals surface area contributed by atoms with Crippen molar-refractivity contribution in [3.63, 3.8) is 0 Å². The fourth-order valence-electron chi connectivity index (χ4n) is 2.70. The maximum absolute atomic E-state index is 12.2. The van der Waals surface area contributed by atoms with Crippen LogP contribution in [-0.4, -0.2) is 41.5 Å². The molecule has 0 aliphatic carbocycles. The summed E-state index contributed by atoms with van der Waals surface area (Å²) in [5, 5.41) is 11.9. The van der Waals surface area contributed by atoms with Gasteiger partial charge in [-0.25, -0.2) is 0 Å². The molecule has 5 nitrogen and oxygen atoms in total. The largest absolute Gasteiger partial charge is 0.395 e. The number of hydrogen-bond donors (Lipinski definition) is 2. The van der Waals surface area contributed by atoms with Crippen molar-refractivity contribution in [1.82, 2.24) is 4.90 Å². The van der Waals surface area contributed by atoms with Crippen LogP contribution in [0.3, 0.4) is 0 Å². The van der Waals surface area contributed by atoms with Gasteiger partial charge in [-0.1, -0.05) is 24.3 Å². The number of carbonyl (C=O) groups is 2. The number of fused-ring (bicyclic) bond motifs is 1. The molecule has 0 spiro atoms. The molecule has 2 N–H and O–H groups in total. The van der Waals surface area contributed by atoms with Crippen molar-refractivity contribution in [3.05, 3.63) is 42.5 Å². The van der Waals surface area contributed by atoms with E-state index in [9.17, 15) is 9.59 Å². The molecule has 0 radical (unpaired) electrons. The third-order valence-corrected chi connectivity index (χ3v) is 3.89. The molecule has 0 saturated carbocycles. The van der Waals surface area contributed by atoms with Crippen molar-refractivity contribution in [2.75, 3.05) is 25.0 Å². The summed E-state index contributed by atoms with van der Waals surface area (Å²) in [5.74, 6) is -0.261. The minimum atomic E-state index is -0.182. The number of nitrogens with one attached hydrogen (secondary N) is 1. The topological polar surface area (TPSA) is 69.6 Å². The molecule has 0 bridgehead atoms. The standard InChI is InChI=1S/C17H22N2O3/c1-2-9-19(10-11-20)16(21)8-7-14-12-13-5-3-4-6-15(13)18-17(14)22/h2-6,14,20H,1,7-12H2,(H,18,22). The zero-order chi connectivity index (χ0) is 15.9. The third-order valence-electron chi connectivity index (χ3n) is 3.89. The van der Waals surface area contributed by atoms with Crippen LogP contribution in [0, 0.1) is 5.92 Å². The predicted octanol–water partition coefficient (Wildman–Crippen LogP) is 1.58. The van der Waals surface area contributed by atoms with Gasteiger partial charge in [0.2, 0.25) is 11.8 Å². The number of hydrogen-bond acceptors (Lipinski definition) is 3. The van der Waals surface area contributed by atoms with Gasteiger partial charge in [0.15, 0.2) is 0 Å². The van der Waals surface area contributed by atoms with Gasteiger partial charge in [0.1, 0.15) is 0 Å². The Morgan fingerprint density at radius 3 is 2.95 bits per heavy atom. The van der Waals surface area contributed by atoms with E-state index in [0.29, 0.717) is 32.4 Å². The highest BCUT2D eigenvalue weighted by molar-refractivity contribution is 5.96. The third kappa shape index (κ3) is 3.95. The number of nitrogens with zero attached hydrogens (tertiary/aromatic N) is 1. The molecule has 1 aromatic carbocycles. The first-order valence-electron chi connectivity index (χ1n) is 7.54. The van der Waals surface area contributed by atoms with Crippen LogP contribution < -0.4 is 5.32 Å². The molecule has 1 heterocycles. The number of carbonyl (C=O) groups excluding carboxylic acids is 2. The van der Waals surface area contributed by atoms with Crippen molar-refractivity contribution in [1.29, 1.82) is 0 Å². The Labute approximate surface area is 130 Å². The zero-order valence-electron chi connectivity index (χ0n) is 12.6. The summed E-state index contributed by atoms with van der Waals surface area (Å²) in [4.78, 5) is 25.8. The fraction of sp³-hybridized carbons (Fsp3) is 0.412. The Bertz CT molecular complexity index is 557. The molecule has 0 saturated heterocycles. The number of anilines is 1. The molecular weight excluding hydrogens is 280 g/mol. The van der Waals surface area contributed by atoms with Crippen LogP contribution in [-0.2, 0) is 16.0 Å². The Kier molecular flexibility index (Phi) is 5.72. The molecule has 1 atom stereocenters. The molecule has 5 heteroatoms. The predicted molar refractivity (Wildman–Crippen MR) is 85.4 cm³/mol. The normalized spacial score (nSPS) is 16.6. The number of para-hydroxylation sites is 1. The second kappa shape index (κ2) is 7.75. The lowest BCUT2D eigenvalue weighted by Crippen LogP contribution is -2.35.